The summed E-state index contributed by atoms with van der Waals surface area (Å²) in [6, 6.07) is 20.2. The summed E-state index contributed by atoms with van der Waals surface area (Å²) in [4.78, 5) is 23.8. The van der Waals surface area contributed by atoms with Crippen molar-refractivity contribution in [3.05, 3.63) is 71.4 Å². The van der Waals surface area contributed by atoms with Crippen LogP contribution >= 0.6 is 11.3 Å². The van der Waals surface area contributed by atoms with Crippen molar-refractivity contribution in [2.24, 2.45) is 5.92 Å². The van der Waals surface area contributed by atoms with Crippen LogP contribution in [0.4, 0.5) is 0 Å². The Bertz CT molecular complexity index is 1160. The number of fused-ring (bicyclic) bond motifs is 2. The number of carboxylic acids is 1. The molecule has 4 aromatic rings. The number of aromatic nitrogens is 2. The van der Waals surface area contributed by atoms with Gasteiger partial charge in [0.1, 0.15) is 11.0 Å². The maximum absolute atomic E-state index is 11.7. The molecular weight excluding hydrogens is 382 g/mol. The van der Waals surface area contributed by atoms with Gasteiger partial charge in [0.05, 0.1) is 27.3 Å². The second-order valence-electron chi connectivity index (χ2n) is 7.52. The molecule has 0 saturated carbocycles. The molecule has 1 fully saturated rings. The van der Waals surface area contributed by atoms with Crippen LogP contribution in [0.3, 0.4) is 0 Å². The van der Waals surface area contributed by atoms with Crippen molar-refractivity contribution in [2.45, 2.75) is 18.9 Å². The molecular formula is C23H21N3O2S. The van der Waals surface area contributed by atoms with Gasteiger partial charge in [-0.15, -0.1) is 11.3 Å². The van der Waals surface area contributed by atoms with Crippen molar-refractivity contribution in [1.82, 2.24) is 14.9 Å². The number of hydrogen-bond donors (Lipinski definition) is 1. The molecule has 0 amide bonds. The van der Waals surface area contributed by atoms with E-state index in [1.807, 2.05) is 36.4 Å². The molecule has 1 saturated heterocycles. The fourth-order valence-electron chi connectivity index (χ4n) is 4.15. The van der Waals surface area contributed by atoms with Crippen LogP contribution in [0.15, 0.2) is 60.7 Å². The molecule has 5 rings (SSSR count). The molecule has 0 spiro atoms. The molecule has 1 aliphatic rings. The molecule has 2 unspecified atom stereocenters. The van der Waals surface area contributed by atoms with E-state index in [1.165, 1.54) is 0 Å². The Morgan fingerprint density at radius 2 is 1.83 bits per heavy atom. The predicted octanol–water partition coefficient (Wildman–Crippen LogP) is 4.73. The van der Waals surface area contributed by atoms with E-state index in [9.17, 15) is 9.90 Å². The number of piperidine rings is 1. The van der Waals surface area contributed by atoms with Crippen LogP contribution in [0.5, 0.6) is 0 Å². The van der Waals surface area contributed by atoms with Crippen molar-refractivity contribution >= 4 is 38.4 Å². The zero-order valence-electron chi connectivity index (χ0n) is 15.9. The van der Waals surface area contributed by atoms with Crippen LogP contribution in [-0.2, 0) is 4.79 Å². The summed E-state index contributed by atoms with van der Waals surface area (Å²) in [5.74, 6) is -1.06. The van der Waals surface area contributed by atoms with Gasteiger partial charge in [-0.25, -0.2) is 4.98 Å². The molecule has 0 radical (unpaired) electrons. The first kappa shape index (κ1) is 18.2. The average molecular weight is 404 g/mol. The highest BCUT2D eigenvalue weighted by Crippen LogP contribution is 2.36. The van der Waals surface area contributed by atoms with Crippen LogP contribution in [-0.4, -0.2) is 39.0 Å². The van der Waals surface area contributed by atoms with E-state index in [0.29, 0.717) is 6.54 Å². The first-order valence-corrected chi connectivity index (χ1v) is 10.7. The molecule has 29 heavy (non-hydrogen) atoms. The predicted molar refractivity (Wildman–Crippen MR) is 115 cm³/mol. The van der Waals surface area contributed by atoms with Gasteiger partial charge in [0.15, 0.2) is 0 Å². The van der Waals surface area contributed by atoms with E-state index in [4.69, 9.17) is 9.97 Å². The van der Waals surface area contributed by atoms with E-state index in [1.54, 1.807) is 11.3 Å². The lowest BCUT2D eigenvalue weighted by Gasteiger charge is -2.35. The van der Waals surface area contributed by atoms with Gasteiger partial charge in [-0.2, -0.15) is 0 Å². The number of nitrogens with zero attached hydrogens (tertiary/aromatic N) is 3. The minimum Gasteiger partial charge on any atom is -0.481 e. The van der Waals surface area contributed by atoms with E-state index in [-0.39, 0.29) is 12.0 Å². The number of carboxylic acid groups (broad SMARTS) is 1. The highest BCUT2D eigenvalue weighted by Gasteiger charge is 2.33. The fourth-order valence-corrected chi connectivity index (χ4v) is 5.27. The molecule has 2 aromatic carbocycles. The SMILES string of the molecule is O=C(O)C1CCCN(C(c2ccc3ccccc3n2)c2nc3ccccc3s2)C1. The van der Waals surface area contributed by atoms with Crippen LogP contribution in [0.1, 0.15) is 29.6 Å². The van der Waals surface area contributed by atoms with E-state index in [2.05, 4.69) is 29.2 Å². The van der Waals surface area contributed by atoms with Crippen LogP contribution in [0.25, 0.3) is 21.1 Å². The van der Waals surface area contributed by atoms with E-state index < -0.39 is 5.97 Å². The quantitative estimate of drug-likeness (QED) is 0.534. The summed E-state index contributed by atoms with van der Waals surface area (Å²) in [6.07, 6.45) is 1.59. The number of pyridine rings is 1. The summed E-state index contributed by atoms with van der Waals surface area (Å²) >= 11 is 1.67. The Morgan fingerprint density at radius 3 is 2.66 bits per heavy atom. The summed E-state index contributed by atoms with van der Waals surface area (Å²) < 4.78 is 1.14. The maximum Gasteiger partial charge on any atom is 0.307 e. The molecule has 146 valence electrons. The number of rotatable bonds is 4. The van der Waals surface area contributed by atoms with Gasteiger partial charge >= 0.3 is 5.97 Å². The lowest BCUT2D eigenvalue weighted by Crippen LogP contribution is -2.41. The maximum atomic E-state index is 11.7. The standard InChI is InChI=1S/C23H21N3O2S/c27-23(28)16-7-5-13-26(14-16)21(22-25-18-9-3-4-10-20(18)29-22)19-12-11-15-6-1-2-8-17(15)24-19/h1-4,6,8-12,16,21H,5,7,13-14H2,(H,27,28). The fraction of sp³-hybridized carbons (Fsp3) is 0.261. The minimum absolute atomic E-state index is 0.140. The zero-order chi connectivity index (χ0) is 19.8. The van der Waals surface area contributed by atoms with Gasteiger partial charge in [0.2, 0.25) is 0 Å². The Balaban J connectivity index is 1.62. The number of benzene rings is 2. The normalized spacial score (nSPS) is 18.8. The third-order valence-corrected chi connectivity index (χ3v) is 6.70. The van der Waals surface area contributed by atoms with E-state index in [0.717, 1.165) is 51.2 Å². The topological polar surface area (TPSA) is 66.3 Å². The Kier molecular flexibility index (Phi) is 4.73. The van der Waals surface area contributed by atoms with Gasteiger partial charge in [-0.1, -0.05) is 36.4 Å². The van der Waals surface area contributed by atoms with Crippen LogP contribution in [0, 0.1) is 5.92 Å². The number of thiazole rings is 1. The minimum atomic E-state index is -0.718. The average Bonchev–Trinajstić information content (AvgIpc) is 3.17. The second kappa shape index (κ2) is 7.54. The highest BCUT2D eigenvalue weighted by molar-refractivity contribution is 7.18. The molecule has 5 nitrogen and oxygen atoms in total. The molecule has 3 heterocycles. The Morgan fingerprint density at radius 1 is 1.03 bits per heavy atom. The first-order valence-electron chi connectivity index (χ1n) is 9.87. The van der Waals surface area contributed by atoms with Crippen LogP contribution in [0.2, 0.25) is 0 Å². The van der Waals surface area contributed by atoms with Crippen molar-refractivity contribution < 1.29 is 9.90 Å². The van der Waals surface area contributed by atoms with Gasteiger partial charge in [-0.3, -0.25) is 14.7 Å². The lowest BCUT2D eigenvalue weighted by atomic mass is 9.96. The number of carbonyl (C=O) groups is 1. The second-order valence-corrected chi connectivity index (χ2v) is 8.59. The summed E-state index contributed by atoms with van der Waals surface area (Å²) in [7, 11) is 0. The highest BCUT2D eigenvalue weighted by atomic mass is 32.1. The van der Waals surface area contributed by atoms with E-state index >= 15 is 0 Å². The molecule has 2 aromatic heterocycles. The monoisotopic (exact) mass is 403 g/mol. The number of aliphatic carboxylic acids is 1. The summed E-state index contributed by atoms with van der Waals surface area (Å²) in [5, 5.41) is 11.7. The van der Waals surface area contributed by atoms with Gasteiger partial charge < -0.3 is 5.11 Å². The van der Waals surface area contributed by atoms with Crippen molar-refractivity contribution in [1.29, 1.82) is 0 Å². The third-order valence-electron chi connectivity index (χ3n) is 5.61. The Labute approximate surface area is 172 Å². The zero-order valence-corrected chi connectivity index (χ0v) is 16.7. The van der Waals surface area contributed by atoms with Crippen molar-refractivity contribution in [3.63, 3.8) is 0 Å². The molecule has 0 bridgehead atoms. The number of hydrogen-bond acceptors (Lipinski definition) is 5. The first-order chi connectivity index (χ1) is 14.2. The molecule has 0 aliphatic carbocycles. The number of para-hydroxylation sites is 2. The smallest absolute Gasteiger partial charge is 0.307 e. The summed E-state index contributed by atoms with van der Waals surface area (Å²) in [6.45, 7) is 1.36. The van der Waals surface area contributed by atoms with Gasteiger partial charge in [0, 0.05) is 11.9 Å². The molecule has 1 N–H and O–H groups in total. The lowest BCUT2D eigenvalue weighted by molar-refractivity contribution is -0.143. The number of likely N-dealkylation sites (tertiary alicyclic amines) is 1. The third kappa shape index (κ3) is 3.50. The largest absolute Gasteiger partial charge is 0.481 e. The Hall–Kier alpha value is -2.83. The molecule has 1 aliphatic heterocycles. The summed E-state index contributed by atoms with van der Waals surface area (Å²) in [5.41, 5.74) is 2.85. The van der Waals surface area contributed by atoms with Crippen LogP contribution < -0.4 is 0 Å². The van der Waals surface area contributed by atoms with Gasteiger partial charge in [0.25, 0.3) is 0 Å². The molecule has 2 atom stereocenters. The van der Waals surface area contributed by atoms with Gasteiger partial charge in [-0.05, 0) is 43.7 Å². The van der Waals surface area contributed by atoms with Crippen molar-refractivity contribution in [2.75, 3.05) is 13.1 Å². The van der Waals surface area contributed by atoms with Crippen molar-refractivity contribution in [3.8, 4) is 0 Å². The molecule has 6 heteroatoms.